The maximum Gasteiger partial charge on any atom is 0.0916 e. The van der Waals surface area contributed by atoms with Crippen LogP contribution in [0, 0.1) is 0 Å². The Morgan fingerprint density at radius 1 is 1.04 bits per heavy atom. The number of ether oxygens (including phenoxy) is 1. The molecule has 0 radical (unpaired) electrons. The van der Waals surface area contributed by atoms with Crippen molar-refractivity contribution >= 4 is 11.3 Å². The van der Waals surface area contributed by atoms with Crippen LogP contribution in [0.1, 0.15) is 59.4 Å². The average molecular weight is 343 g/mol. The fraction of sp³-hybridized carbons (Fsp3) is 0.550. The van der Waals surface area contributed by atoms with Crippen LogP contribution in [0.2, 0.25) is 0 Å². The molecule has 2 fully saturated rings. The van der Waals surface area contributed by atoms with Crippen molar-refractivity contribution < 1.29 is 4.74 Å². The lowest BCUT2D eigenvalue weighted by Crippen LogP contribution is -2.32. The van der Waals surface area contributed by atoms with E-state index in [1.54, 1.807) is 0 Å². The predicted octanol–water partition coefficient (Wildman–Crippen LogP) is 4.76. The molecule has 4 heterocycles. The van der Waals surface area contributed by atoms with Crippen molar-refractivity contribution in [1.82, 2.24) is 9.88 Å². The van der Waals surface area contributed by atoms with Crippen molar-refractivity contribution in [3.05, 3.63) is 52.0 Å². The van der Waals surface area contributed by atoms with E-state index in [0.717, 1.165) is 13.2 Å². The number of thiophene rings is 1. The predicted molar refractivity (Wildman–Crippen MR) is 98.4 cm³/mol. The molecule has 4 rings (SSSR count). The van der Waals surface area contributed by atoms with Crippen LogP contribution in [0.25, 0.3) is 0 Å². The van der Waals surface area contributed by atoms with Gasteiger partial charge in [-0.05, 0) is 80.9 Å². The van der Waals surface area contributed by atoms with Crippen molar-refractivity contribution in [1.29, 1.82) is 0 Å². The Morgan fingerprint density at radius 3 is 2.62 bits per heavy atom. The first-order valence-corrected chi connectivity index (χ1v) is 10.0. The summed E-state index contributed by atoms with van der Waals surface area (Å²) in [5.74, 6) is 0.707. The second-order valence-electron chi connectivity index (χ2n) is 6.99. The first kappa shape index (κ1) is 16.2. The smallest absolute Gasteiger partial charge is 0.0916 e. The lowest BCUT2D eigenvalue weighted by Gasteiger charge is -2.31. The monoisotopic (exact) mass is 342 g/mol. The van der Waals surface area contributed by atoms with Gasteiger partial charge in [0.2, 0.25) is 0 Å². The molecule has 2 saturated heterocycles. The number of rotatable bonds is 4. The number of nitrogens with zero attached hydrogens (tertiary/aromatic N) is 2. The molecule has 3 nitrogen and oxygen atoms in total. The van der Waals surface area contributed by atoms with E-state index >= 15 is 0 Å². The highest BCUT2D eigenvalue weighted by Crippen LogP contribution is 2.34. The van der Waals surface area contributed by atoms with Crippen molar-refractivity contribution in [2.45, 2.75) is 50.7 Å². The van der Waals surface area contributed by atoms with Crippen LogP contribution in [0.4, 0.5) is 0 Å². The number of pyridine rings is 1. The second-order valence-corrected chi connectivity index (χ2v) is 8.19. The van der Waals surface area contributed by atoms with Gasteiger partial charge in [-0.25, -0.2) is 0 Å². The molecule has 24 heavy (non-hydrogen) atoms. The Morgan fingerprint density at radius 2 is 1.88 bits per heavy atom. The van der Waals surface area contributed by atoms with E-state index in [-0.39, 0.29) is 0 Å². The minimum Gasteiger partial charge on any atom is -0.373 e. The molecule has 0 amide bonds. The van der Waals surface area contributed by atoms with Crippen LogP contribution < -0.4 is 0 Å². The van der Waals surface area contributed by atoms with Gasteiger partial charge >= 0.3 is 0 Å². The Kier molecular flexibility index (Phi) is 5.26. The summed E-state index contributed by atoms with van der Waals surface area (Å²) in [6.45, 7) is 4.42. The molecule has 0 saturated carbocycles. The van der Waals surface area contributed by atoms with Crippen molar-refractivity contribution in [3.8, 4) is 0 Å². The van der Waals surface area contributed by atoms with Gasteiger partial charge in [0.1, 0.15) is 0 Å². The highest BCUT2D eigenvalue weighted by atomic mass is 32.1. The maximum atomic E-state index is 5.92. The topological polar surface area (TPSA) is 25.4 Å². The molecule has 2 aromatic rings. The second kappa shape index (κ2) is 7.77. The molecule has 1 atom stereocenters. The van der Waals surface area contributed by atoms with Gasteiger partial charge in [-0.1, -0.05) is 0 Å². The number of hydrogen-bond donors (Lipinski definition) is 0. The minimum atomic E-state index is 0.356. The van der Waals surface area contributed by atoms with Crippen molar-refractivity contribution in [2.75, 3.05) is 19.7 Å². The van der Waals surface area contributed by atoms with Crippen molar-refractivity contribution in [3.63, 3.8) is 0 Å². The summed E-state index contributed by atoms with van der Waals surface area (Å²) >= 11 is 1.96. The standard InChI is InChI=1S/C20H26N2OS/c1-2-14-23-19(3-1)20-5-4-18(24-20)15-22-12-8-17(9-13-22)16-6-10-21-11-7-16/h4-7,10-11,17,19H,1-3,8-9,12-15H2/t19-/m1/s1. The molecule has 4 heteroatoms. The molecule has 2 aliphatic heterocycles. The molecule has 0 bridgehead atoms. The molecular formula is C20H26N2OS. The molecule has 0 unspecified atom stereocenters. The molecule has 128 valence electrons. The van der Waals surface area contributed by atoms with Gasteiger partial charge in [0.05, 0.1) is 6.10 Å². The number of hydrogen-bond acceptors (Lipinski definition) is 4. The maximum absolute atomic E-state index is 5.92. The van der Waals surface area contributed by atoms with Crippen LogP contribution in [0.5, 0.6) is 0 Å². The zero-order chi connectivity index (χ0) is 16.2. The average Bonchev–Trinajstić information content (AvgIpc) is 3.12. The summed E-state index contributed by atoms with van der Waals surface area (Å²) < 4.78 is 5.92. The molecule has 2 aromatic heterocycles. The van der Waals surface area contributed by atoms with Crippen LogP contribution in [0.3, 0.4) is 0 Å². The normalized spacial score (nSPS) is 23.4. The van der Waals surface area contributed by atoms with Gasteiger partial charge in [0, 0.05) is 35.3 Å². The first-order valence-electron chi connectivity index (χ1n) is 9.21. The zero-order valence-corrected chi connectivity index (χ0v) is 15.0. The third-order valence-electron chi connectivity index (χ3n) is 5.32. The van der Waals surface area contributed by atoms with E-state index in [4.69, 9.17) is 4.74 Å². The lowest BCUT2D eigenvalue weighted by molar-refractivity contribution is 0.0172. The van der Waals surface area contributed by atoms with Gasteiger partial charge in [-0.15, -0.1) is 11.3 Å². The third-order valence-corrected chi connectivity index (χ3v) is 6.49. The fourth-order valence-electron chi connectivity index (χ4n) is 3.90. The van der Waals surface area contributed by atoms with E-state index in [2.05, 4.69) is 34.1 Å². The Bertz CT molecular complexity index is 628. The summed E-state index contributed by atoms with van der Waals surface area (Å²) in [5, 5.41) is 0. The molecule has 0 aromatic carbocycles. The fourth-order valence-corrected chi connectivity index (χ4v) is 5.04. The van der Waals surface area contributed by atoms with Crippen LogP contribution >= 0.6 is 11.3 Å². The Hall–Kier alpha value is -1.23. The highest BCUT2D eigenvalue weighted by Gasteiger charge is 2.22. The quantitative estimate of drug-likeness (QED) is 0.801. The zero-order valence-electron chi connectivity index (χ0n) is 14.2. The van der Waals surface area contributed by atoms with E-state index in [1.807, 2.05) is 23.7 Å². The molecule has 0 spiro atoms. The van der Waals surface area contributed by atoms with Crippen molar-refractivity contribution in [2.24, 2.45) is 0 Å². The van der Waals surface area contributed by atoms with Gasteiger partial charge in [-0.2, -0.15) is 0 Å². The summed E-state index contributed by atoms with van der Waals surface area (Å²) in [4.78, 5) is 9.65. The van der Waals surface area contributed by atoms with E-state index in [0.29, 0.717) is 12.0 Å². The van der Waals surface area contributed by atoms with Gasteiger partial charge in [-0.3, -0.25) is 9.88 Å². The summed E-state index contributed by atoms with van der Waals surface area (Å²) in [6.07, 6.45) is 10.4. The Labute approximate surface area is 148 Å². The highest BCUT2D eigenvalue weighted by molar-refractivity contribution is 7.12. The summed E-state index contributed by atoms with van der Waals surface area (Å²) in [6, 6.07) is 8.96. The van der Waals surface area contributed by atoms with Gasteiger partial charge < -0.3 is 4.74 Å². The molecule has 2 aliphatic rings. The van der Waals surface area contributed by atoms with Crippen LogP contribution in [-0.2, 0) is 11.3 Å². The molecule has 0 aliphatic carbocycles. The van der Waals surface area contributed by atoms with E-state index in [9.17, 15) is 0 Å². The minimum absolute atomic E-state index is 0.356. The summed E-state index contributed by atoms with van der Waals surface area (Å²) in [5.41, 5.74) is 1.46. The third kappa shape index (κ3) is 3.88. The van der Waals surface area contributed by atoms with E-state index < -0.39 is 0 Å². The number of piperidine rings is 1. The lowest BCUT2D eigenvalue weighted by atomic mass is 9.90. The molecular weight excluding hydrogens is 316 g/mol. The van der Waals surface area contributed by atoms with Crippen LogP contribution in [0.15, 0.2) is 36.7 Å². The first-order chi connectivity index (χ1) is 11.9. The Balaban J connectivity index is 1.30. The largest absolute Gasteiger partial charge is 0.373 e. The number of likely N-dealkylation sites (tertiary alicyclic amines) is 1. The van der Waals surface area contributed by atoms with Gasteiger partial charge in [0.15, 0.2) is 0 Å². The number of aromatic nitrogens is 1. The van der Waals surface area contributed by atoms with E-state index in [1.165, 1.54) is 60.5 Å². The van der Waals surface area contributed by atoms with Crippen LogP contribution in [-0.4, -0.2) is 29.6 Å². The SMILES string of the molecule is c1cc(C2CCN(Cc3ccc([C@H]4CCCCO4)s3)CC2)ccn1. The molecule has 0 N–H and O–H groups in total. The van der Waals surface area contributed by atoms with Gasteiger partial charge in [0.25, 0.3) is 0 Å². The summed E-state index contributed by atoms with van der Waals surface area (Å²) in [7, 11) is 0.